The lowest BCUT2D eigenvalue weighted by molar-refractivity contribution is -0.117. The Labute approximate surface area is 202 Å². The third kappa shape index (κ3) is 6.73. The van der Waals surface area contributed by atoms with Crippen LogP contribution in [-0.4, -0.2) is 31.4 Å². The van der Waals surface area contributed by atoms with Crippen LogP contribution in [0.3, 0.4) is 0 Å². The van der Waals surface area contributed by atoms with E-state index < -0.39 is 17.7 Å². The highest BCUT2D eigenvalue weighted by Gasteiger charge is 2.16. The molecule has 34 heavy (non-hydrogen) atoms. The van der Waals surface area contributed by atoms with Gasteiger partial charge in [-0.15, -0.1) is 0 Å². The van der Waals surface area contributed by atoms with Crippen LogP contribution in [0, 0.1) is 0 Å². The van der Waals surface area contributed by atoms with Gasteiger partial charge in [-0.2, -0.15) is 0 Å². The number of benzene rings is 3. The average Bonchev–Trinajstić information content (AvgIpc) is 2.83. The van der Waals surface area contributed by atoms with E-state index in [0.717, 1.165) is 5.56 Å². The second-order valence-corrected chi connectivity index (χ2v) is 7.69. The molecule has 0 saturated heterocycles. The van der Waals surface area contributed by atoms with E-state index in [9.17, 15) is 14.4 Å². The number of rotatable bonds is 10. The van der Waals surface area contributed by atoms with Gasteiger partial charge in [0, 0.05) is 23.6 Å². The summed E-state index contributed by atoms with van der Waals surface area (Å²) in [5, 5.41) is 5.99. The maximum atomic E-state index is 12.9. The van der Waals surface area contributed by atoms with Crippen molar-refractivity contribution in [2.45, 2.75) is 13.0 Å². The molecular formula is C25H24ClN3O5. The second kappa shape index (κ2) is 11.7. The van der Waals surface area contributed by atoms with Gasteiger partial charge in [-0.05, 0) is 48.0 Å². The van der Waals surface area contributed by atoms with Gasteiger partial charge in [0.05, 0.1) is 18.4 Å². The van der Waals surface area contributed by atoms with Crippen LogP contribution in [-0.2, 0) is 11.4 Å². The highest BCUT2D eigenvalue weighted by Crippen LogP contribution is 2.29. The zero-order valence-corrected chi connectivity index (χ0v) is 19.2. The third-order valence-corrected chi connectivity index (χ3v) is 5.06. The summed E-state index contributed by atoms with van der Waals surface area (Å²) in [6, 6.07) is 18.6. The molecule has 0 atom stereocenters. The second-order valence-electron chi connectivity index (χ2n) is 7.25. The number of ether oxygens (including phenoxy) is 2. The lowest BCUT2D eigenvalue weighted by atomic mass is 10.1. The summed E-state index contributed by atoms with van der Waals surface area (Å²) < 4.78 is 11.2. The molecule has 9 heteroatoms. The standard InChI is InChI=1S/C25H24ClN3O5/c1-33-22-14-17(8-11-21(22)34-15-16-6-9-18(26)10-7-16)24(31)29-20-5-3-2-4-19(20)25(32)28-13-12-23(27)30/h2-11,14H,12-13,15H2,1H3,(H2,27,30)(H,28,32)(H,29,31). The zero-order chi connectivity index (χ0) is 24.5. The number of nitrogens with two attached hydrogens (primary N) is 1. The van der Waals surface area contributed by atoms with Crippen molar-refractivity contribution in [3.05, 3.63) is 88.4 Å². The normalized spacial score (nSPS) is 10.3. The van der Waals surface area contributed by atoms with Crippen LogP contribution in [0.15, 0.2) is 66.7 Å². The lowest BCUT2D eigenvalue weighted by Gasteiger charge is -2.14. The average molecular weight is 482 g/mol. The summed E-state index contributed by atoms with van der Waals surface area (Å²) in [5.74, 6) is -0.514. The Kier molecular flexibility index (Phi) is 8.48. The summed E-state index contributed by atoms with van der Waals surface area (Å²) in [5.41, 5.74) is 6.93. The van der Waals surface area contributed by atoms with E-state index in [2.05, 4.69) is 10.6 Å². The van der Waals surface area contributed by atoms with Crippen LogP contribution < -0.4 is 25.8 Å². The predicted molar refractivity (Wildman–Crippen MR) is 129 cm³/mol. The highest BCUT2D eigenvalue weighted by atomic mass is 35.5. The van der Waals surface area contributed by atoms with E-state index in [1.807, 2.05) is 12.1 Å². The first-order chi connectivity index (χ1) is 16.4. The summed E-state index contributed by atoms with van der Waals surface area (Å²) in [4.78, 5) is 36.2. The number of hydrogen-bond donors (Lipinski definition) is 3. The molecule has 0 bridgehead atoms. The molecule has 0 spiro atoms. The minimum absolute atomic E-state index is 0.0203. The van der Waals surface area contributed by atoms with Crippen molar-refractivity contribution < 1.29 is 23.9 Å². The minimum Gasteiger partial charge on any atom is -0.493 e. The van der Waals surface area contributed by atoms with Gasteiger partial charge < -0.3 is 25.8 Å². The number of amides is 3. The van der Waals surface area contributed by atoms with Gasteiger partial charge in [0.15, 0.2) is 11.5 Å². The fourth-order valence-electron chi connectivity index (χ4n) is 3.05. The smallest absolute Gasteiger partial charge is 0.255 e. The number of para-hydroxylation sites is 1. The highest BCUT2D eigenvalue weighted by molar-refractivity contribution is 6.30. The van der Waals surface area contributed by atoms with E-state index in [-0.39, 0.29) is 18.5 Å². The van der Waals surface area contributed by atoms with Crippen molar-refractivity contribution in [2.75, 3.05) is 19.0 Å². The Bertz CT molecular complexity index is 1180. The summed E-state index contributed by atoms with van der Waals surface area (Å²) >= 11 is 5.90. The molecule has 3 aromatic carbocycles. The summed E-state index contributed by atoms with van der Waals surface area (Å²) in [6.07, 6.45) is 0.0203. The van der Waals surface area contributed by atoms with Gasteiger partial charge >= 0.3 is 0 Å². The maximum Gasteiger partial charge on any atom is 0.255 e. The van der Waals surface area contributed by atoms with Crippen LogP contribution in [0.25, 0.3) is 0 Å². The molecule has 0 aliphatic rings. The van der Waals surface area contributed by atoms with E-state index in [4.69, 9.17) is 26.8 Å². The topological polar surface area (TPSA) is 120 Å². The fraction of sp³-hybridized carbons (Fsp3) is 0.160. The first-order valence-corrected chi connectivity index (χ1v) is 10.8. The van der Waals surface area contributed by atoms with Gasteiger partial charge in [-0.25, -0.2) is 0 Å². The Morgan fingerprint density at radius 1 is 0.941 bits per heavy atom. The Hall–Kier alpha value is -4.04. The van der Waals surface area contributed by atoms with Gasteiger partial charge in [-0.3, -0.25) is 14.4 Å². The van der Waals surface area contributed by atoms with E-state index in [1.165, 1.54) is 7.11 Å². The molecule has 4 N–H and O–H groups in total. The largest absolute Gasteiger partial charge is 0.493 e. The summed E-state index contributed by atoms with van der Waals surface area (Å²) in [6.45, 7) is 0.405. The molecule has 0 aliphatic heterocycles. The van der Waals surface area contributed by atoms with E-state index in [0.29, 0.717) is 34.4 Å². The van der Waals surface area contributed by atoms with Crippen molar-refractivity contribution >= 4 is 35.0 Å². The predicted octanol–water partition coefficient (Wildman–Crippen LogP) is 3.79. The van der Waals surface area contributed by atoms with Gasteiger partial charge in [0.25, 0.3) is 11.8 Å². The molecule has 3 rings (SSSR count). The van der Waals surface area contributed by atoms with Gasteiger partial charge in [-0.1, -0.05) is 35.9 Å². The SMILES string of the molecule is COc1cc(C(=O)Nc2ccccc2C(=O)NCCC(N)=O)ccc1OCc1ccc(Cl)cc1. The van der Waals surface area contributed by atoms with Crippen molar-refractivity contribution in [1.29, 1.82) is 0 Å². The van der Waals surface area contributed by atoms with Gasteiger partial charge in [0.2, 0.25) is 5.91 Å². The minimum atomic E-state index is -0.517. The van der Waals surface area contributed by atoms with E-state index >= 15 is 0 Å². The van der Waals surface area contributed by atoms with Crippen LogP contribution in [0.2, 0.25) is 5.02 Å². The zero-order valence-electron chi connectivity index (χ0n) is 18.5. The molecule has 176 valence electrons. The molecular weight excluding hydrogens is 458 g/mol. The van der Waals surface area contributed by atoms with E-state index in [1.54, 1.807) is 54.6 Å². The monoisotopic (exact) mass is 481 g/mol. The Morgan fingerprint density at radius 2 is 1.68 bits per heavy atom. The Morgan fingerprint density at radius 3 is 2.38 bits per heavy atom. The molecule has 8 nitrogen and oxygen atoms in total. The number of carbonyl (C=O) groups is 3. The first kappa shape index (κ1) is 24.6. The number of hydrogen-bond acceptors (Lipinski definition) is 5. The summed E-state index contributed by atoms with van der Waals surface area (Å²) in [7, 11) is 1.48. The quantitative estimate of drug-likeness (QED) is 0.407. The number of carbonyl (C=O) groups excluding carboxylic acids is 3. The molecule has 0 heterocycles. The molecule has 0 aliphatic carbocycles. The Balaban J connectivity index is 1.70. The number of nitrogens with one attached hydrogen (secondary N) is 2. The molecule has 3 aromatic rings. The van der Waals surface area contributed by atoms with Crippen LogP contribution >= 0.6 is 11.6 Å². The maximum absolute atomic E-state index is 12.9. The molecule has 0 radical (unpaired) electrons. The first-order valence-electron chi connectivity index (χ1n) is 10.4. The van der Waals surface area contributed by atoms with Crippen LogP contribution in [0.4, 0.5) is 5.69 Å². The molecule has 0 saturated carbocycles. The molecule has 0 fully saturated rings. The van der Waals surface area contributed by atoms with Crippen LogP contribution in [0.1, 0.15) is 32.7 Å². The number of primary amides is 1. The van der Waals surface area contributed by atoms with Gasteiger partial charge in [0.1, 0.15) is 6.61 Å². The number of anilines is 1. The van der Waals surface area contributed by atoms with Crippen molar-refractivity contribution in [3.8, 4) is 11.5 Å². The molecule has 0 aromatic heterocycles. The van der Waals surface area contributed by atoms with Crippen molar-refractivity contribution in [3.63, 3.8) is 0 Å². The fourth-order valence-corrected chi connectivity index (χ4v) is 3.17. The van der Waals surface area contributed by atoms with Crippen molar-refractivity contribution in [2.24, 2.45) is 5.73 Å². The van der Waals surface area contributed by atoms with Crippen LogP contribution in [0.5, 0.6) is 11.5 Å². The third-order valence-electron chi connectivity index (χ3n) is 4.81. The molecule has 3 amide bonds. The molecule has 0 unspecified atom stereocenters. The van der Waals surface area contributed by atoms with Crippen molar-refractivity contribution in [1.82, 2.24) is 5.32 Å². The number of methoxy groups -OCH3 is 1. The number of halogens is 1. The lowest BCUT2D eigenvalue weighted by Crippen LogP contribution is -2.28.